The first kappa shape index (κ1) is 34.8. The molecule has 292 valence electrons. The Bertz CT molecular complexity index is 3690. The number of benzene rings is 9. The Hall–Kier alpha value is -6.85. The largest absolute Gasteiger partial charge is 0.456 e. The molecule has 0 unspecified atom stereocenters. The van der Waals surface area contributed by atoms with Crippen LogP contribution < -0.4 is 4.90 Å². The Kier molecular flexibility index (Phi) is 6.95. The molecule has 1 spiro atoms. The van der Waals surface area contributed by atoms with E-state index in [2.05, 4.69) is 207 Å². The lowest BCUT2D eigenvalue weighted by molar-refractivity contribution is 0.660. The van der Waals surface area contributed by atoms with E-state index in [0.717, 1.165) is 39.0 Å². The predicted molar refractivity (Wildman–Crippen MR) is 260 cm³/mol. The summed E-state index contributed by atoms with van der Waals surface area (Å²) >= 11 is 3.74. The van der Waals surface area contributed by atoms with Crippen LogP contribution in [0.3, 0.4) is 0 Å². The first-order valence-corrected chi connectivity index (χ1v) is 23.0. The maximum atomic E-state index is 7.08. The van der Waals surface area contributed by atoms with Crippen molar-refractivity contribution in [3.8, 4) is 22.3 Å². The third-order valence-electron chi connectivity index (χ3n) is 14.1. The van der Waals surface area contributed by atoms with Crippen molar-refractivity contribution in [3.63, 3.8) is 0 Å². The van der Waals surface area contributed by atoms with Crippen LogP contribution in [0.15, 0.2) is 202 Å². The molecule has 1 aliphatic heterocycles. The molecule has 2 nitrogen and oxygen atoms in total. The second-order valence-corrected chi connectivity index (χ2v) is 19.7. The molecule has 0 N–H and O–H groups in total. The van der Waals surface area contributed by atoms with Crippen LogP contribution in [-0.4, -0.2) is 0 Å². The molecule has 14 rings (SSSR count). The SMILES string of the molecule is CC1(C)c2ccccc2-c2ccc(N(c3ccc4c(c3)sc3ccccc34)c3cccc4oc5cc6c(cc5c34)-c3ccccc3C63c4ccccc4Sc4ccccc43)cc21. The van der Waals surface area contributed by atoms with E-state index in [1.807, 2.05) is 23.1 Å². The highest BCUT2D eigenvalue weighted by atomic mass is 32.2. The number of fused-ring (bicyclic) bond motifs is 18. The van der Waals surface area contributed by atoms with Gasteiger partial charge in [0.2, 0.25) is 0 Å². The maximum Gasteiger partial charge on any atom is 0.137 e. The molecule has 0 bridgehead atoms. The van der Waals surface area contributed by atoms with Crippen LogP contribution in [-0.2, 0) is 10.8 Å². The highest BCUT2D eigenvalue weighted by Crippen LogP contribution is 2.63. The zero-order valence-corrected chi connectivity index (χ0v) is 35.7. The highest BCUT2D eigenvalue weighted by Gasteiger charge is 2.50. The van der Waals surface area contributed by atoms with Crippen molar-refractivity contribution in [1.29, 1.82) is 0 Å². The summed E-state index contributed by atoms with van der Waals surface area (Å²) in [6.07, 6.45) is 0. The lowest BCUT2D eigenvalue weighted by Crippen LogP contribution is -2.31. The van der Waals surface area contributed by atoms with Gasteiger partial charge in [0.05, 0.1) is 16.5 Å². The topological polar surface area (TPSA) is 16.4 Å². The van der Waals surface area contributed by atoms with Crippen LogP contribution in [0.4, 0.5) is 17.1 Å². The molecular weight excluding hydrogens is 791 g/mol. The summed E-state index contributed by atoms with van der Waals surface area (Å²) in [6, 6.07) is 70.3. The predicted octanol–water partition coefficient (Wildman–Crippen LogP) is 16.6. The fourth-order valence-electron chi connectivity index (χ4n) is 11.4. The van der Waals surface area contributed by atoms with Gasteiger partial charge in [-0.25, -0.2) is 0 Å². The standard InChI is InChI=1S/C58H37NOS2/c1-57(2)43-17-6-3-14-36(43)38-28-26-34(30-47(38)57)59(35-27-29-40-39-16-5-10-23-52(39)61-55(40)31-35)49-21-13-22-50-56(49)42-32-41-37-15-4-7-18-44(37)58(48(41)33-51(42)60-50)45-19-8-11-24-53(45)62-54-25-12-9-20-46(54)58/h3-33H,1-2H3. The summed E-state index contributed by atoms with van der Waals surface area (Å²) in [5, 5.41) is 4.83. The summed E-state index contributed by atoms with van der Waals surface area (Å²) in [4.78, 5) is 5.08. The number of hydrogen-bond donors (Lipinski definition) is 0. The van der Waals surface area contributed by atoms with Gasteiger partial charge in [-0.2, -0.15) is 0 Å². The van der Waals surface area contributed by atoms with Crippen LogP contribution in [0.25, 0.3) is 64.4 Å². The molecule has 0 atom stereocenters. The Labute approximate surface area is 367 Å². The van der Waals surface area contributed by atoms with Crippen molar-refractivity contribution >= 4 is 82.3 Å². The normalized spacial score (nSPS) is 14.8. The van der Waals surface area contributed by atoms with Gasteiger partial charge in [0, 0.05) is 52.1 Å². The molecule has 2 aliphatic carbocycles. The molecule has 9 aromatic carbocycles. The minimum Gasteiger partial charge on any atom is -0.456 e. The van der Waals surface area contributed by atoms with E-state index in [-0.39, 0.29) is 5.41 Å². The van der Waals surface area contributed by atoms with Crippen molar-refractivity contribution in [3.05, 3.63) is 221 Å². The van der Waals surface area contributed by atoms with Gasteiger partial charge in [-0.3, -0.25) is 0 Å². The van der Waals surface area contributed by atoms with Gasteiger partial charge >= 0.3 is 0 Å². The van der Waals surface area contributed by atoms with Crippen molar-refractivity contribution in [2.75, 3.05) is 4.90 Å². The molecule has 3 aliphatic rings. The zero-order valence-electron chi connectivity index (χ0n) is 34.1. The number of furan rings is 1. The minimum atomic E-state index is -0.471. The number of hydrogen-bond acceptors (Lipinski definition) is 4. The van der Waals surface area contributed by atoms with E-state index in [9.17, 15) is 0 Å². The second kappa shape index (κ2) is 12.4. The summed E-state index contributed by atoms with van der Waals surface area (Å²) in [7, 11) is 0. The number of anilines is 3. The van der Waals surface area contributed by atoms with E-state index < -0.39 is 5.41 Å². The quantitative estimate of drug-likeness (QED) is 0.177. The second-order valence-electron chi connectivity index (χ2n) is 17.6. The van der Waals surface area contributed by atoms with Crippen LogP contribution in [0.2, 0.25) is 0 Å². The smallest absolute Gasteiger partial charge is 0.137 e. The van der Waals surface area contributed by atoms with Crippen molar-refractivity contribution in [2.24, 2.45) is 0 Å². The fraction of sp³-hybridized carbons (Fsp3) is 0.0690. The number of rotatable bonds is 3. The first-order valence-electron chi connectivity index (χ1n) is 21.4. The van der Waals surface area contributed by atoms with Crippen LogP contribution in [0.5, 0.6) is 0 Å². The summed E-state index contributed by atoms with van der Waals surface area (Å²) < 4.78 is 9.66. The van der Waals surface area contributed by atoms with E-state index in [4.69, 9.17) is 4.42 Å². The maximum absolute atomic E-state index is 7.08. The summed E-state index contributed by atoms with van der Waals surface area (Å²) in [5.41, 5.74) is 17.7. The molecule has 0 radical (unpaired) electrons. The van der Waals surface area contributed by atoms with E-state index >= 15 is 0 Å². The van der Waals surface area contributed by atoms with E-state index in [1.54, 1.807) is 0 Å². The molecule has 62 heavy (non-hydrogen) atoms. The van der Waals surface area contributed by atoms with Gasteiger partial charge in [0.25, 0.3) is 0 Å². The Morgan fingerprint density at radius 2 is 1.05 bits per heavy atom. The molecule has 0 amide bonds. The average Bonchev–Trinajstić information content (AvgIpc) is 4.02. The van der Waals surface area contributed by atoms with Gasteiger partial charge in [0.15, 0.2) is 0 Å². The van der Waals surface area contributed by atoms with Crippen LogP contribution in [0.1, 0.15) is 47.2 Å². The Morgan fingerprint density at radius 1 is 0.419 bits per heavy atom. The summed E-state index contributed by atoms with van der Waals surface area (Å²) in [6.45, 7) is 4.73. The Balaban J connectivity index is 1.04. The summed E-state index contributed by atoms with van der Waals surface area (Å²) in [5.74, 6) is 0. The number of thiophene rings is 1. The molecule has 0 saturated carbocycles. The third-order valence-corrected chi connectivity index (χ3v) is 16.4. The molecule has 3 heterocycles. The molecule has 2 aromatic heterocycles. The lowest BCUT2D eigenvalue weighted by atomic mass is 9.67. The van der Waals surface area contributed by atoms with E-state index in [1.165, 1.54) is 85.6 Å². The van der Waals surface area contributed by atoms with E-state index in [0.29, 0.717) is 0 Å². The first-order chi connectivity index (χ1) is 30.5. The monoisotopic (exact) mass is 827 g/mol. The van der Waals surface area contributed by atoms with Gasteiger partial charge in [-0.1, -0.05) is 147 Å². The van der Waals surface area contributed by atoms with Crippen molar-refractivity contribution in [2.45, 2.75) is 34.5 Å². The van der Waals surface area contributed by atoms with Gasteiger partial charge in [-0.05, 0) is 122 Å². The highest BCUT2D eigenvalue weighted by molar-refractivity contribution is 7.99. The minimum absolute atomic E-state index is 0.143. The van der Waals surface area contributed by atoms with Gasteiger partial charge in [-0.15, -0.1) is 11.3 Å². The zero-order chi connectivity index (χ0) is 40.9. The molecule has 11 aromatic rings. The third kappa shape index (κ3) is 4.45. The van der Waals surface area contributed by atoms with Crippen molar-refractivity contribution in [1.82, 2.24) is 0 Å². The average molecular weight is 828 g/mol. The molecular formula is C58H37NOS2. The molecule has 0 saturated heterocycles. The number of nitrogens with zero attached hydrogens (tertiary/aromatic N) is 1. The van der Waals surface area contributed by atoms with Crippen LogP contribution >= 0.6 is 23.1 Å². The van der Waals surface area contributed by atoms with Crippen LogP contribution in [0, 0.1) is 0 Å². The molecule has 0 fully saturated rings. The fourth-order valence-corrected chi connectivity index (χ4v) is 13.8. The van der Waals surface area contributed by atoms with Gasteiger partial charge < -0.3 is 9.32 Å². The lowest BCUT2D eigenvalue weighted by Gasteiger charge is -2.39. The Morgan fingerprint density at radius 3 is 1.85 bits per heavy atom. The van der Waals surface area contributed by atoms with Gasteiger partial charge in [0.1, 0.15) is 11.2 Å². The van der Waals surface area contributed by atoms with Crippen molar-refractivity contribution < 1.29 is 4.42 Å². The molecule has 4 heteroatoms.